The van der Waals surface area contributed by atoms with E-state index in [0.29, 0.717) is 5.56 Å². The highest BCUT2D eigenvalue weighted by atomic mass is 32.1. The molecule has 2 N–H and O–H groups in total. The number of hydrogen-bond donors (Lipinski definition) is 3. The van der Waals surface area contributed by atoms with E-state index in [0.717, 1.165) is 10.9 Å². The maximum absolute atomic E-state index is 12.2. The van der Waals surface area contributed by atoms with Crippen LogP contribution in [0.1, 0.15) is 5.56 Å². The Morgan fingerprint density at radius 2 is 2.10 bits per heavy atom. The van der Waals surface area contributed by atoms with E-state index in [4.69, 9.17) is 0 Å². The zero-order valence-electron chi connectivity index (χ0n) is 10.6. The highest BCUT2D eigenvalue weighted by Gasteiger charge is 2.52. The van der Waals surface area contributed by atoms with Crippen molar-refractivity contribution < 1.29 is 9.59 Å². The van der Waals surface area contributed by atoms with Crippen molar-refractivity contribution in [2.75, 3.05) is 6.54 Å². The SMILES string of the molecule is C=CCN1C(=O)NC(=O)C1(S)c1c[nH]c2ccccc12. The fourth-order valence-electron chi connectivity index (χ4n) is 2.49. The minimum atomic E-state index is -1.33. The van der Waals surface area contributed by atoms with Crippen molar-refractivity contribution in [2.24, 2.45) is 0 Å². The number of rotatable bonds is 3. The average Bonchev–Trinajstić information content (AvgIpc) is 2.95. The molecule has 2 heterocycles. The van der Waals surface area contributed by atoms with Crippen LogP contribution in [0.3, 0.4) is 0 Å². The highest BCUT2D eigenvalue weighted by Crippen LogP contribution is 2.40. The summed E-state index contributed by atoms with van der Waals surface area (Å²) in [6.45, 7) is 3.85. The van der Waals surface area contributed by atoms with E-state index in [2.05, 4.69) is 29.5 Å². The Balaban J connectivity index is 2.21. The summed E-state index contributed by atoms with van der Waals surface area (Å²) < 4.78 is 0. The monoisotopic (exact) mass is 287 g/mol. The van der Waals surface area contributed by atoms with Gasteiger partial charge in [0.05, 0.1) is 0 Å². The van der Waals surface area contributed by atoms with Crippen LogP contribution in [-0.2, 0) is 9.67 Å². The number of hydrogen-bond acceptors (Lipinski definition) is 3. The van der Waals surface area contributed by atoms with Crippen LogP contribution in [0.25, 0.3) is 10.9 Å². The van der Waals surface area contributed by atoms with E-state index < -0.39 is 16.8 Å². The van der Waals surface area contributed by atoms with Gasteiger partial charge in [-0.1, -0.05) is 24.3 Å². The molecule has 0 saturated carbocycles. The zero-order valence-corrected chi connectivity index (χ0v) is 11.5. The molecule has 5 nitrogen and oxygen atoms in total. The molecule has 1 aliphatic heterocycles. The van der Waals surface area contributed by atoms with Crippen LogP contribution in [0.15, 0.2) is 43.1 Å². The maximum atomic E-state index is 12.2. The number of fused-ring (bicyclic) bond motifs is 1. The Kier molecular flexibility index (Phi) is 2.83. The minimum Gasteiger partial charge on any atom is -0.361 e. The third kappa shape index (κ3) is 1.58. The lowest BCUT2D eigenvalue weighted by molar-refractivity contribution is -0.122. The number of imide groups is 1. The van der Waals surface area contributed by atoms with Crippen molar-refractivity contribution in [3.05, 3.63) is 48.7 Å². The molecule has 1 atom stereocenters. The summed E-state index contributed by atoms with van der Waals surface area (Å²) in [6, 6.07) is 7.11. The van der Waals surface area contributed by atoms with Gasteiger partial charge < -0.3 is 4.98 Å². The second kappa shape index (κ2) is 4.42. The number of aromatic amines is 1. The van der Waals surface area contributed by atoms with Gasteiger partial charge in [-0.2, -0.15) is 0 Å². The summed E-state index contributed by atoms with van der Waals surface area (Å²) in [6.07, 6.45) is 3.28. The van der Waals surface area contributed by atoms with Gasteiger partial charge in [-0.3, -0.25) is 15.0 Å². The predicted octanol–water partition coefficient (Wildman–Crippen LogP) is 1.99. The molecule has 1 fully saturated rings. The molecule has 2 aromatic rings. The lowest BCUT2D eigenvalue weighted by Gasteiger charge is -2.29. The normalized spacial score (nSPS) is 22.4. The molecule has 3 amide bonds. The van der Waals surface area contributed by atoms with Gasteiger partial charge in [0.1, 0.15) is 0 Å². The summed E-state index contributed by atoms with van der Waals surface area (Å²) in [7, 11) is 0. The average molecular weight is 287 g/mol. The summed E-state index contributed by atoms with van der Waals surface area (Å²) >= 11 is 4.52. The Hall–Kier alpha value is -2.21. The number of para-hydroxylation sites is 1. The number of aromatic nitrogens is 1. The van der Waals surface area contributed by atoms with E-state index in [9.17, 15) is 9.59 Å². The van der Waals surface area contributed by atoms with Gasteiger partial charge in [0.15, 0.2) is 4.87 Å². The van der Waals surface area contributed by atoms with Gasteiger partial charge in [0.2, 0.25) is 0 Å². The van der Waals surface area contributed by atoms with Crippen molar-refractivity contribution in [2.45, 2.75) is 4.87 Å². The summed E-state index contributed by atoms with van der Waals surface area (Å²) in [5.41, 5.74) is 1.54. The molecule has 0 bridgehead atoms. The molecule has 3 rings (SSSR count). The Labute approximate surface area is 121 Å². The van der Waals surface area contributed by atoms with Crippen LogP contribution in [0.2, 0.25) is 0 Å². The first-order valence-electron chi connectivity index (χ1n) is 6.12. The van der Waals surface area contributed by atoms with Crippen LogP contribution in [-0.4, -0.2) is 28.4 Å². The van der Waals surface area contributed by atoms with Gasteiger partial charge in [-0.05, 0) is 6.07 Å². The standard InChI is InChI=1S/C14H13N3O2S/c1-2-7-17-13(19)16-12(18)14(17,20)10-8-15-11-6-4-3-5-9(10)11/h2-6,8,15,20H,1,7H2,(H,16,18,19). The second-order valence-electron chi connectivity index (χ2n) is 4.58. The number of nitrogens with one attached hydrogen (secondary N) is 2. The predicted molar refractivity (Wildman–Crippen MR) is 79.4 cm³/mol. The van der Waals surface area contributed by atoms with Crippen molar-refractivity contribution in [1.82, 2.24) is 15.2 Å². The number of nitrogens with zero attached hydrogens (tertiary/aromatic N) is 1. The van der Waals surface area contributed by atoms with Crippen molar-refractivity contribution in [3.8, 4) is 0 Å². The number of carbonyl (C=O) groups excluding carboxylic acids is 2. The first kappa shape index (κ1) is 12.8. The molecule has 0 radical (unpaired) electrons. The van der Waals surface area contributed by atoms with E-state index >= 15 is 0 Å². The summed E-state index contributed by atoms with van der Waals surface area (Å²) in [5, 5.41) is 3.17. The summed E-state index contributed by atoms with van der Waals surface area (Å²) in [5.74, 6) is -0.447. The molecular formula is C14H13N3O2S. The fourth-order valence-corrected chi connectivity index (χ4v) is 2.91. The molecule has 102 valence electrons. The summed E-state index contributed by atoms with van der Waals surface area (Å²) in [4.78, 5) is 27.3. The van der Waals surface area contributed by atoms with E-state index in [-0.39, 0.29) is 6.54 Å². The van der Waals surface area contributed by atoms with Gasteiger partial charge in [0.25, 0.3) is 5.91 Å². The third-order valence-electron chi connectivity index (χ3n) is 3.45. The topological polar surface area (TPSA) is 65.2 Å². The number of benzene rings is 1. The first-order valence-corrected chi connectivity index (χ1v) is 6.56. The van der Waals surface area contributed by atoms with E-state index in [1.165, 1.54) is 4.90 Å². The van der Waals surface area contributed by atoms with Crippen molar-refractivity contribution in [3.63, 3.8) is 0 Å². The molecule has 20 heavy (non-hydrogen) atoms. The van der Waals surface area contributed by atoms with Crippen LogP contribution >= 0.6 is 12.6 Å². The van der Waals surface area contributed by atoms with Gasteiger partial charge in [-0.25, -0.2) is 4.79 Å². The number of carbonyl (C=O) groups is 2. The van der Waals surface area contributed by atoms with Crippen LogP contribution < -0.4 is 5.32 Å². The second-order valence-corrected chi connectivity index (χ2v) is 5.23. The Bertz CT molecular complexity index is 724. The molecule has 1 aliphatic rings. The molecule has 6 heteroatoms. The molecule has 1 aromatic carbocycles. The van der Waals surface area contributed by atoms with Crippen LogP contribution in [0, 0.1) is 0 Å². The number of thiol groups is 1. The van der Waals surface area contributed by atoms with Crippen molar-refractivity contribution >= 4 is 35.5 Å². The molecule has 0 aliphatic carbocycles. The van der Waals surface area contributed by atoms with E-state index in [1.54, 1.807) is 12.3 Å². The maximum Gasteiger partial charge on any atom is 0.326 e. The lowest BCUT2D eigenvalue weighted by Crippen LogP contribution is -2.42. The molecule has 0 spiro atoms. The van der Waals surface area contributed by atoms with Gasteiger partial charge in [-0.15, -0.1) is 19.2 Å². The minimum absolute atomic E-state index is 0.237. The smallest absolute Gasteiger partial charge is 0.326 e. The van der Waals surface area contributed by atoms with Crippen LogP contribution in [0.4, 0.5) is 4.79 Å². The van der Waals surface area contributed by atoms with Gasteiger partial charge in [0, 0.05) is 29.2 Å². The van der Waals surface area contributed by atoms with Gasteiger partial charge >= 0.3 is 6.03 Å². The number of amides is 3. The first-order chi connectivity index (χ1) is 9.59. The largest absolute Gasteiger partial charge is 0.361 e. The van der Waals surface area contributed by atoms with Crippen LogP contribution in [0.5, 0.6) is 0 Å². The quantitative estimate of drug-likeness (QED) is 0.459. The Morgan fingerprint density at radius 1 is 1.35 bits per heavy atom. The molecule has 1 aromatic heterocycles. The number of H-pyrrole nitrogens is 1. The number of urea groups is 1. The molecule has 1 unspecified atom stereocenters. The Morgan fingerprint density at radius 3 is 2.85 bits per heavy atom. The van der Waals surface area contributed by atoms with E-state index in [1.807, 2.05) is 24.3 Å². The highest BCUT2D eigenvalue weighted by molar-refractivity contribution is 7.82. The van der Waals surface area contributed by atoms with Crippen molar-refractivity contribution in [1.29, 1.82) is 0 Å². The third-order valence-corrected chi connectivity index (χ3v) is 4.13. The fraction of sp³-hybridized carbons (Fsp3) is 0.143. The molecule has 1 saturated heterocycles. The molecular weight excluding hydrogens is 274 g/mol. The zero-order chi connectivity index (χ0) is 14.3. The lowest BCUT2D eigenvalue weighted by atomic mass is 10.0.